The van der Waals surface area contributed by atoms with Crippen molar-refractivity contribution in [2.24, 2.45) is 0 Å². The summed E-state index contributed by atoms with van der Waals surface area (Å²) >= 11 is 0. The summed E-state index contributed by atoms with van der Waals surface area (Å²) in [5, 5.41) is 2.79. The first-order valence-electron chi connectivity index (χ1n) is 3.84. The van der Waals surface area contributed by atoms with Gasteiger partial charge in [-0.15, -0.1) is 0 Å². The van der Waals surface area contributed by atoms with Gasteiger partial charge in [-0.05, 0) is 12.8 Å². The first-order chi connectivity index (χ1) is 5.75. The Bertz CT molecular complexity index is 302. The molecule has 1 aromatic heterocycles. The van der Waals surface area contributed by atoms with Gasteiger partial charge in [0.2, 0.25) is 0 Å². The van der Waals surface area contributed by atoms with Gasteiger partial charge in [0, 0.05) is 13.0 Å². The van der Waals surface area contributed by atoms with Crippen LogP contribution in [0.1, 0.15) is 29.2 Å². The number of aromatic nitrogens is 1. The van der Waals surface area contributed by atoms with Gasteiger partial charge < -0.3 is 9.73 Å². The van der Waals surface area contributed by atoms with Crippen LogP contribution in [-0.2, 0) is 0 Å². The molecule has 4 nitrogen and oxygen atoms in total. The third-order valence-corrected chi connectivity index (χ3v) is 1.70. The highest BCUT2D eigenvalue weighted by Crippen LogP contribution is 2.19. The second-order valence-electron chi connectivity index (χ2n) is 2.87. The molecule has 1 aliphatic carbocycles. The number of carbonyl (C=O) groups excluding carboxylic acids is 1. The summed E-state index contributed by atoms with van der Waals surface area (Å²) in [6.07, 6.45) is 3.46. The molecule has 63 valence electrons. The zero-order valence-corrected chi connectivity index (χ0v) is 6.54. The molecule has 0 atom stereocenters. The number of hydrogen-bond donors (Lipinski definition) is 1. The molecule has 0 unspecified atom stereocenters. The fourth-order valence-electron chi connectivity index (χ4n) is 0.902. The molecule has 1 aliphatic rings. The monoisotopic (exact) mass is 165 g/mol. The average molecular weight is 165 g/mol. The van der Waals surface area contributed by atoms with E-state index in [-0.39, 0.29) is 11.8 Å². The molecule has 1 N–H and O–H groups in total. The lowest BCUT2D eigenvalue weighted by molar-refractivity contribution is 0.0946. The van der Waals surface area contributed by atoms with E-state index in [2.05, 4.69) is 17.2 Å². The topological polar surface area (TPSA) is 55.1 Å². The van der Waals surface area contributed by atoms with Crippen molar-refractivity contribution in [2.75, 3.05) is 0 Å². The van der Waals surface area contributed by atoms with Crippen LogP contribution in [0.2, 0.25) is 0 Å². The molecule has 1 amide bonds. The minimum absolute atomic E-state index is 0.170. The van der Waals surface area contributed by atoms with Crippen molar-refractivity contribution < 1.29 is 9.21 Å². The van der Waals surface area contributed by atoms with E-state index < -0.39 is 0 Å². The molecular weight excluding hydrogens is 156 g/mol. The minimum atomic E-state index is -0.170. The average Bonchev–Trinajstić information content (AvgIpc) is 2.72. The summed E-state index contributed by atoms with van der Waals surface area (Å²) in [6, 6.07) is 0.350. The summed E-state index contributed by atoms with van der Waals surface area (Å²) in [6.45, 7) is 3.46. The molecule has 1 fully saturated rings. The van der Waals surface area contributed by atoms with E-state index in [4.69, 9.17) is 4.42 Å². The molecule has 1 saturated carbocycles. The zero-order chi connectivity index (χ0) is 8.55. The number of nitrogens with zero attached hydrogens (tertiary/aromatic N) is 1. The molecule has 0 aromatic carbocycles. The van der Waals surface area contributed by atoms with Crippen molar-refractivity contribution in [1.82, 2.24) is 10.3 Å². The Morgan fingerprint density at radius 3 is 3.00 bits per heavy atom. The lowest BCUT2D eigenvalue weighted by Gasteiger charge is -1.96. The number of rotatable bonds is 2. The molecule has 1 heterocycles. The highest BCUT2D eigenvalue weighted by Gasteiger charge is 2.24. The SMILES string of the molecule is [CH2]c1nc(C(=O)NC2CC2)co1. The lowest BCUT2D eigenvalue weighted by atomic mass is 10.4. The predicted octanol–water partition coefficient (Wildman–Crippen LogP) is 0.749. The van der Waals surface area contributed by atoms with E-state index in [1.165, 1.54) is 6.26 Å². The largest absolute Gasteiger partial charge is 0.448 e. The van der Waals surface area contributed by atoms with Gasteiger partial charge in [-0.3, -0.25) is 4.79 Å². The van der Waals surface area contributed by atoms with Crippen molar-refractivity contribution in [3.05, 3.63) is 24.8 Å². The van der Waals surface area contributed by atoms with Gasteiger partial charge in [0.25, 0.3) is 5.91 Å². The summed E-state index contributed by atoms with van der Waals surface area (Å²) in [5.74, 6) is 0.104. The molecule has 1 radical (unpaired) electrons. The maximum Gasteiger partial charge on any atom is 0.273 e. The molecule has 0 bridgehead atoms. The minimum Gasteiger partial charge on any atom is -0.448 e. The number of nitrogens with one attached hydrogen (secondary N) is 1. The van der Waals surface area contributed by atoms with Crippen LogP contribution in [0.25, 0.3) is 0 Å². The first kappa shape index (κ1) is 7.34. The molecule has 12 heavy (non-hydrogen) atoms. The Morgan fingerprint density at radius 1 is 1.75 bits per heavy atom. The smallest absolute Gasteiger partial charge is 0.273 e. The van der Waals surface area contributed by atoms with Crippen molar-refractivity contribution >= 4 is 5.91 Å². The number of carbonyl (C=O) groups is 1. The highest BCUT2D eigenvalue weighted by molar-refractivity contribution is 5.92. The van der Waals surface area contributed by atoms with Gasteiger partial charge in [0.1, 0.15) is 6.26 Å². The standard InChI is InChI=1S/C8H9N2O2/c1-5-9-7(4-12-5)8(11)10-6-2-3-6/h4,6H,1-3H2,(H,10,11). The normalized spacial score (nSPS) is 16.1. The molecular formula is C8H9N2O2. The van der Waals surface area contributed by atoms with Gasteiger partial charge in [0.05, 0.1) is 0 Å². The predicted molar refractivity (Wildman–Crippen MR) is 41.5 cm³/mol. The van der Waals surface area contributed by atoms with E-state index >= 15 is 0 Å². The first-order valence-corrected chi connectivity index (χ1v) is 3.84. The Morgan fingerprint density at radius 2 is 2.50 bits per heavy atom. The van der Waals surface area contributed by atoms with E-state index in [1.807, 2.05) is 0 Å². The van der Waals surface area contributed by atoms with Crippen LogP contribution in [-0.4, -0.2) is 16.9 Å². The fraction of sp³-hybridized carbons (Fsp3) is 0.375. The van der Waals surface area contributed by atoms with Crippen molar-refractivity contribution in [1.29, 1.82) is 0 Å². The van der Waals surface area contributed by atoms with Crippen LogP contribution >= 0.6 is 0 Å². The zero-order valence-electron chi connectivity index (χ0n) is 6.54. The van der Waals surface area contributed by atoms with E-state index in [1.54, 1.807) is 0 Å². The Balaban J connectivity index is 2.03. The molecule has 0 aliphatic heterocycles. The summed E-state index contributed by atoms with van der Waals surface area (Å²) in [5.41, 5.74) is 0.312. The third-order valence-electron chi connectivity index (χ3n) is 1.70. The fourth-order valence-corrected chi connectivity index (χ4v) is 0.902. The highest BCUT2D eigenvalue weighted by atomic mass is 16.3. The van der Waals surface area contributed by atoms with Gasteiger partial charge in [-0.25, -0.2) is 4.98 Å². The van der Waals surface area contributed by atoms with Crippen LogP contribution in [0.5, 0.6) is 0 Å². The van der Waals surface area contributed by atoms with Crippen LogP contribution < -0.4 is 5.32 Å². The van der Waals surface area contributed by atoms with Crippen LogP contribution in [0.15, 0.2) is 10.7 Å². The van der Waals surface area contributed by atoms with Crippen molar-refractivity contribution in [3.63, 3.8) is 0 Å². The van der Waals surface area contributed by atoms with Gasteiger partial charge >= 0.3 is 0 Å². The lowest BCUT2D eigenvalue weighted by Crippen LogP contribution is -2.25. The molecule has 1 aromatic rings. The second-order valence-corrected chi connectivity index (χ2v) is 2.87. The summed E-state index contributed by atoms with van der Waals surface area (Å²) in [7, 11) is 0. The summed E-state index contributed by atoms with van der Waals surface area (Å²) in [4.78, 5) is 15.0. The van der Waals surface area contributed by atoms with Crippen molar-refractivity contribution in [3.8, 4) is 0 Å². The molecule has 2 rings (SSSR count). The van der Waals surface area contributed by atoms with Crippen LogP contribution in [0, 0.1) is 6.92 Å². The Kier molecular flexibility index (Phi) is 1.60. The van der Waals surface area contributed by atoms with Crippen LogP contribution in [0.3, 0.4) is 0 Å². The maximum absolute atomic E-state index is 11.2. The third kappa shape index (κ3) is 1.47. The van der Waals surface area contributed by atoms with E-state index in [0.717, 1.165) is 12.8 Å². The van der Waals surface area contributed by atoms with Crippen LogP contribution in [0.4, 0.5) is 0 Å². The molecule has 0 saturated heterocycles. The summed E-state index contributed by atoms with van der Waals surface area (Å²) < 4.78 is 4.80. The van der Waals surface area contributed by atoms with Gasteiger partial charge in [0.15, 0.2) is 11.6 Å². The maximum atomic E-state index is 11.2. The number of hydrogen-bond acceptors (Lipinski definition) is 3. The molecule has 0 spiro atoms. The van der Waals surface area contributed by atoms with E-state index in [9.17, 15) is 4.79 Å². The second kappa shape index (κ2) is 2.62. The van der Waals surface area contributed by atoms with Gasteiger partial charge in [-0.1, -0.05) is 0 Å². The quantitative estimate of drug-likeness (QED) is 0.703. The van der Waals surface area contributed by atoms with Crippen molar-refractivity contribution in [2.45, 2.75) is 18.9 Å². The number of oxazole rings is 1. The van der Waals surface area contributed by atoms with E-state index in [0.29, 0.717) is 11.7 Å². The molecule has 4 heteroatoms. The Labute approximate surface area is 70.0 Å². The number of amides is 1. The Hall–Kier alpha value is -1.32. The van der Waals surface area contributed by atoms with Gasteiger partial charge in [-0.2, -0.15) is 0 Å².